The molecule has 1 aliphatic heterocycles. The van der Waals surface area contributed by atoms with Gasteiger partial charge in [-0.1, -0.05) is 57.2 Å². The number of hydrogen-bond acceptors (Lipinski definition) is 6. The molecule has 9 heteroatoms. The van der Waals surface area contributed by atoms with Crippen molar-refractivity contribution in [2.24, 2.45) is 0 Å². The van der Waals surface area contributed by atoms with Gasteiger partial charge in [-0.15, -0.1) is 0 Å². The molecule has 0 saturated heterocycles. The molecule has 1 heterocycles. The standard InChI is InChI=1S/C32H34N2O6S/c1-32(2,3)24-10-16-29-28(20-24)34(41(36,37)27-14-12-25(38-4)13-15-27)21-30(40-29)31(35)33-17-18-39-26-11-9-22-7-5-6-8-23(22)19-26/h5-16,19-20,30H,17-18,21H2,1-4H3,(H,33,35). The summed E-state index contributed by atoms with van der Waals surface area (Å²) in [5, 5.41) is 5.01. The van der Waals surface area contributed by atoms with Crippen molar-refractivity contribution in [1.29, 1.82) is 0 Å². The number of benzene rings is 4. The number of fused-ring (bicyclic) bond motifs is 2. The van der Waals surface area contributed by atoms with E-state index >= 15 is 0 Å². The Labute approximate surface area is 240 Å². The van der Waals surface area contributed by atoms with E-state index in [1.165, 1.54) is 23.5 Å². The molecule has 4 aromatic rings. The molecule has 0 fully saturated rings. The normalized spacial score (nSPS) is 15.1. The van der Waals surface area contributed by atoms with Gasteiger partial charge in [-0.3, -0.25) is 9.10 Å². The van der Waals surface area contributed by atoms with Gasteiger partial charge in [-0.2, -0.15) is 0 Å². The zero-order valence-corrected chi connectivity index (χ0v) is 24.4. The molecule has 0 aromatic heterocycles. The first-order valence-corrected chi connectivity index (χ1v) is 14.9. The van der Waals surface area contributed by atoms with Gasteiger partial charge in [-0.25, -0.2) is 8.42 Å². The van der Waals surface area contributed by atoms with Crippen molar-refractivity contribution in [1.82, 2.24) is 5.32 Å². The summed E-state index contributed by atoms with van der Waals surface area (Å²) >= 11 is 0. The quantitative estimate of drug-likeness (QED) is 0.287. The van der Waals surface area contributed by atoms with Crippen molar-refractivity contribution >= 4 is 32.4 Å². The SMILES string of the molecule is COc1ccc(S(=O)(=O)N2CC(C(=O)NCCOc3ccc4ccccc4c3)Oc3ccc(C(C)(C)C)cc32)cc1. The molecule has 0 saturated carbocycles. The summed E-state index contributed by atoms with van der Waals surface area (Å²) in [5.74, 6) is 1.15. The Morgan fingerprint density at radius 3 is 2.37 bits per heavy atom. The van der Waals surface area contributed by atoms with Crippen LogP contribution < -0.4 is 23.8 Å². The lowest BCUT2D eigenvalue weighted by Crippen LogP contribution is -2.51. The molecule has 1 N–H and O–H groups in total. The lowest BCUT2D eigenvalue weighted by molar-refractivity contribution is -0.127. The summed E-state index contributed by atoms with van der Waals surface area (Å²) in [6.07, 6.45) is -1.04. The summed E-state index contributed by atoms with van der Waals surface area (Å²) in [4.78, 5) is 13.3. The van der Waals surface area contributed by atoms with Gasteiger partial charge in [0.25, 0.3) is 15.9 Å². The maximum Gasteiger partial charge on any atom is 0.264 e. The largest absolute Gasteiger partial charge is 0.497 e. The number of nitrogens with zero attached hydrogens (tertiary/aromatic N) is 1. The van der Waals surface area contributed by atoms with Gasteiger partial charge in [0.15, 0.2) is 6.10 Å². The lowest BCUT2D eigenvalue weighted by atomic mass is 9.86. The summed E-state index contributed by atoms with van der Waals surface area (Å²) in [7, 11) is -2.50. The maximum atomic E-state index is 13.9. The second-order valence-corrected chi connectivity index (χ2v) is 12.8. The van der Waals surface area contributed by atoms with E-state index in [1.807, 2.05) is 54.6 Å². The van der Waals surface area contributed by atoms with E-state index in [2.05, 4.69) is 26.1 Å². The van der Waals surface area contributed by atoms with E-state index in [0.717, 1.165) is 16.3 Å². The number of sulfonamides is 1. The minimum absolute atomic E-state index is 0.0928. The Morgan fingerprint density at radius 2 is 1.66 bits per heavy atom. The van der Waals surface area contributed by atoms with Crippen LogP contribution in [-0.4, -0.2) is 47.2 Å². The van der Waals surface area contributed by atoms with Gasteiger partial charge < -0.3 is 19.5 Å². The molecule has 8 nitrogen and oxygen atoms in total. The first-order valence-electron chi connectivity index (χ1n) is 13.4. The molecular weight excluding hydrogens is 540 g/mol. The number of carbonyl (C=O) groups excluding carboxylic acids is 1. The van der Waals surface area contributed by atoms with Crippen LogP contribution >= 0.6 is 0 Å². The molecule has 0 bridgehead atoms. The molecule has 5 rings (SSSR count). The number of nitrogens with one attached hydrogen (secondary N) is 1. The monoisotopic (exact) mass is 574 g/mol. The van der Waals surface area contributed by atoms with E-state index in [1.54, 1.807) is 18.2 Å². The molecule has 0 radical (unpaired) electrons. The predicted molar refractivity (Wildman–Crippen MR) is 160 cm³/mol. The number of carbonyl (C=O) groups is 1. The summed E-state index contributed by atoms with van der Waals surface area (Å²) in [5.41, 5.74) is 1.13. The third-order valence-corrected chi connectivity index (χ3v) is 8.82. The van der Waals surface area contributed by atoms with Crippen LogP contribution in [0.25, 0.3) is 10.8 Å². The van der Waals surface area contributed by atoms with Crippen LogP contribution in [0.3, 0.4) is 0 Å². The van der Waals surface area contributed by atoms with Gasteiger partial charge in [0.05, 0.1) is 30.8 Å². The molecule has 0 spiro atoms. The van der Waals surface area contributed by atoms with E-state index in [9.17, 15) is 13.2 Å². The smallest absolute Gasteiger partial charge is 0.264 e. The van der Waals surface area contributed by atoms with E-state index in [4.69, 9.17) is 14.2 Å². The van der Waals surface area contributed by atoms with Crippen molar-refractivity contribution in [2.75, 3.05) is 31.1 Å². The highest BCUT2D eigenvalue weighted by Crippen LogP contribution is 2.40. The minimum atomic E-state index is -4.02. The van der Waals surface area contributed by atoms with Crippen LogP contribution in [0.15, 0.2) is 89.8 Å². The number of rotatable bonds is 8. The Bertz CT molecular complexity index is 1660. The first kappa shape index (κ1) is 28.3. The average molecular weight is 575 g/mol. The van der Waals surface area contributed by atoms with E-state index in [0.29, 0.717) is 22.9 Å². The Balaban J connectivity index is 1.33. The van der Waals surface area contributed by atoms with Crippen LogP contribution in [0.2, 0.25) is 0 Å². The van der Waals surface area contributed by atoms with Crippen LogP contribution in [0.5, 0.6) is 17.2 Å². The van der Waals surface area contributed by atoms with Gasteiger partial charge >= 0.3 is 0 Å². The zero-order chi connectivity index (χ0) is 29.2. The average Bonchev–Trinajstić information content (AvgIpc) is 2.97. The van der Waals surface area contributed by atoms with E-state index in [-0.39, 0.29) is 30.0 Å². The fraction of sp³-hybridized carbons (Fsp3) is 0.281. The molecule has 1 aliphatic rings. The topological polar surface area (TPSA) is 94.2 Å². The summed E-state index contributed by atoms with van der Waals surface area (Å²) in [6.45, 7) is 6.46. The number of ether oxygens (including phenoxy) is 3. The molecule has 4 aromatic carbocycles. The van der Waals surface area contributed by atoms with Crippen LogP contribution in [0.4, 0.5) is 5.69 Å². The molecular formula is C32H34N2O6S. The third-order valence-electron chi connectivity index (χ3n) is 7.03. The fourth-order valence-electron chi connectivity index (χ4n) is 4.67. The van der Waals surface area contributed by atoms with E-state index < -0.39 is 22.0 Å². The van der Waals surface area contributed by atoms with Crippen molar-refractivity contribution < 1.29 is 27.4 Å². The lowest BCUT2D eigenvalue weighted by Gasteiger charge is -2.36. The number of hydrogen-bond donors (Lipinski definition) is 1. The zero-order valence-electron chi connectivity index (χ0n) is 23.6. The number of anilines is 1. The second-order valence-electron chi connectivity index (χ2n) is 10.9. The molecule has 0 aliphatic carbocycles. The Kier molecular flexibility index (Phi) is 7.82. The highest BCUT2D eigenvalue weighted by Gasteiger charge is 2.38. The first-order chi connectivity index (χ1) is 19.6. The fourth-order valence-corrected chi connectivity index (χ4v) is 6.14. The highest BCUT2D eigenvalue weighted by molar-refractivity contribution is 7.92. The Morgan fingerprint density at radius 1 is 0.951 bits per heavy atom. The van der Waals surface area contributed by atoms with Crippen molar-refractivity contribution in [3.63, 3.8) is 0 Å². The highest BCUT2D eigenvalue weighted by atomic mass is 32.2. The summed E-state index contributed by atoms with van der Waals surface area (Å²) in [6, 6.07) is 25.5. The van der Waals surface area contributed by atoms with Gasteiger partial charge in [0.2, 0.25) is 0 Å². The maximum absolute atomic E-state index is 13.9. The second kappa shape index (κ2) is 11.3. The van der Waals surface area contributed by atoms with Crippen LogP contribution in [-0.2, 0) is 20.2 Å². The van der Waals surface area contributed by atoms with Gasteiger partial charge in [-0.05, 0) is 70.3 Å². The molecule has 1 amide bonds. The molecule has 1 unspecified atom stereocenters. The summed E-state index contributed by atoms with van der Waals surface area (Å²) < 4.78 is 46.1. The Hall–Kier alpha value is -4.24. The number of methoxy groups -OCH3 is 1. The van der Waals surface area contributed by atoms with Gasteiger partial charge in [0.1, 0.15) is 23.9 Å². The predicted octanol–water partition coefficient (Wildman–Crippen LogP) is 5.30. The third kappa shape index (κ3) is 6.10. The molecule has 1 atom stereocenters. The van der Waals surface area contributed by atoms with Crippen LogP contribution in [0.1, 0.15) is 26.3 Å². The number of amides is 1. The molecule has 214 valence electrons. The molecule has 41 heavy (non-hydrogen) atoms. The van der Waals surface area contributed by atoms with Crippen molar-refractivity contribution in [3.8, 4) is 17.2 Å². The van der Waals surface area contributed by atoms with Crippen molar-refractivity contribution in [2.45, 2.75) is 37.2 Å². The minimum Gasteiger partial charge on any atom is -0.497 e. The van der Waals surface area contributed by atoms with Crippen molar-refractivity contribution in [3.05, 3.63) is 90.5 Å². The van der Waals surface area contributed by atoms with Gasteiger partial charge in [0, 0.05) is 0 Å². The van der Waals surface area contributed by atoms with Crippen LogP contribution in [0, 0.1) is 0 Å².